The van der Waals surface area contributed by atoms with Gasteiger partial charge in [0, 0.05) is 11.3 Å². The lowest BCUT2D eigenvalue weighted by Crippen LogP contribution is -2.47. The molecule has 0 unspecified atom stereocenters. The SMILES string of the molecule is Cc1ccccc1C(=O)N[C@H](C(=O)Nc1ccc(OC(F)F)cc1)C(C)C. The van der Waals surface area contributed by atoms with E-state index in [0.717, 1.165) is 5.56 Å². The molecule has 0 fully saturated rings. The number of benzene rings is 2. The van der Waals surface area contributed by atoms with Crippen molar-refractivity contribution >= 4 is 17.5 Å². The third-order valence-corrected chi connectivity index (χ3v) is 3.97. The van der Waals surface area contributed by atoms with Crippen LogP contribution in [-0.2, 0) is 4.79 Å². The van der Waals surface area contributed by atoms with E-state index < -0.39 is 18.6 Å². The van der Waals surface area contributed by atoms with Crippen LogP contribution in [0.15, 0.2) is 48.5 Å². The molecule has 0 aliphatic heterocycles. The summed E-state index contributed by atoms with van der Waals surface area (Å²) in [5.74, 6) is -0.882. The summed E-state index contributed by atoms with van der Waals surface area (Å²) in [5, 5.41) is 5.43. The van der Waals surface area contributed by atoms with Crippen molar-refractivity contribution in [3.8, 4) is 5.75 Å². The topological polar surface area (TPSA) is 67.4 Å². The largest absolute Gasteiger partial charge is 0.435 e. The Morgan fingerprint density at radius 3 is 2.19 bits per heavy atom. The molecule has 0 bridgehead atoms. The fourth-order valence-corrected chi connectivity index (χ4v) is 2.52. The summed E-state index contributed by atoms with van der Waals surface area (Å²) in [6, 6.07) is 11.9. The maximum atomic E-state index is 12.6. The molecular formula is C20H22F2N2O3. The van der Waals surface area contributed by atoms with Crippen molar-refractivity contribution in [1.29, 1.82) is 0 Å². The first-order valence-electron chi connectivity index (χ1n) is 8.50. The molecule has 0 saturated carbocycles. The summed E-state index contributed by atoms with van der Waals surface area (Å²) >= 11 is 0. The lowest BCUT2D eigenvalue weighted by atomic mass is 10.0. The number of carbonyl (C=O) groups is 2. The number of rotatable bonds is 7. The van der Waals surface area contributed by atoms with Crippen LogP contribution >= 0.6 is 0 Å². The Bertz CT molecular complexity index is 792. The van der Waals surface area contributed by atoms with E-state index in [4.69, 9.17) is 0 Å². The van der Waals surface area contributed by atoms with E-state index in [1.54, 1.807) is 12.1 Å². The number of anilines is 1. The van der Waals surface area contributed by atoms with E-state index in [-0.39, 0.29) is 17.6 Å². The van der Waals surface area contributed by atoms with Gasteiger partial charge in [0.2, 0.25) is 5.91 Å². The van der Waals surface area contributed by atoms with Gasteiger partial charge in [-0.1, -0.05) is 32.0 Å². The minimum Gasteiger partial charge on any atom is -0.435 e. The zero-order valence-corrected chi connectivity index (χ0v) is 15.3. The van der Waals surface area contributed by atoms with Crippen molar-refractivity contribution in [1.82, 2.24) is 5.32 Å². The van der Waals surface area contributed by atoms with E-state index >= 15 is 0 Å². The maximum Gasteiger partial charge on any atom is 0.387 e. The molecule has 2 rings (SSSR count). The summed E-state index contributed by atoms with van der Waals surface area (Å²) in [7, 11) is 0. The van der Waals surface area contributed by atoms with Crippen molar-refractivity contribution in [2.75, 3.05) is 5.32 Å². The Morgan fingerprint density at radius 2 is 1.63 bits per heavy atom. The van der Waals surface area contributed by atoms with Crippen molar-refractivity contribution in [3.05, 3.63) is 59.7 Å². The van der Waals surface area contributed by atoms with Crippen LogP contribution in [0.5, 0.6) is 5.75 Å². The van der Waals surface area contributed by atoms with Crippen LogP contribution in [0.1, 0.15) is 29.8 Å². The Hall–Kier alpha value is -2.96. The van der Waals surface area contributed by atoms with Crippen LogP contribution in [0, 0.1) is 12.8 Å². The van der Waals surface area contributed by atoms with Gasteiger partial charge in [0.15, 0.2) is 0 Å². The maximum absolute atomic E-state index is 12.6. The second-order valence-corrected chi connectivity index (χ2v) is 6.40. The molecule has 5 nitrogen and oxygen atoms in total. The zero-order chi connectivity index (χ0) is 20.0. The highest BCUT2D eigenvalue weighted by Crippen LogP contribution is 2.18. The summed E-state index contributed by atoms with van der Waals surface area (Å²) in [5.41, 5.74) is 1.73. The molecule has 0 spiro atoms. The molecule has 1 atom stereocenters. The lowest BCUT2D eigenvalue weighted by Gasteiger charge is -2.22. The van der Waals surface area contributed by atoms with E-state index in [1.165, 1.54) is 24.3 Å². The summed E-state index contributed by atoms with van der Waals surface area (Å²) in [6.07, 6.45) is 0. The van der Waals surface area contributed by atoms with Crippen molar-refractivity contribution in [2.45, 2.75) is 33.4 Å². The zero-order valence-electron chi connectivity index (χ0n) is 15.3. The molecule has 2 amide bonds. The van der Waals surface area contributed by atoms with Crippen LogP contribution in [0.2, 0.25) is 0 Å². The van der Waals surface area contributed by atoms with Crippen LogP contribution in [-0.4, -0.2) is 24.5 Å². The smallest absolute Gasteiger partial charge is 0.387 e. The van der Waals surface area contributed by atoms with Crippen molar-refractivity contribution in [2.24, 2.45) is 5.92 Å². The molecule has 2 aromatic carbocycles. The molecule has 0 aromatic heterocycles. The van der Waals surface area contributed by atoms with Gasteiger partial charge in [0.05, 0.1) is 0 Å². The number of nitrogens with one attached hydrogen (secondary N) is 2. The highest BCUT2D eigenvalue weighted by Gasteiger charge is 2.25. The second kappa shape index (κ2) is 9.12. The van der Waals surface area contributed by atoms with E-state index in [0.29, 0.717) is 11.3 Å². The first kappa shape index (κ1) is 20.4. The first-order valence-corrected chi connectivity index (χ1v) is 8.50. The van der Waals surface area contributed by atoms with E-state index in [9.17, 15) is 18.4 Å². The normalized spacial score (nSPS) is 12.0. The molecule has 0 radical (unpaired) electrons. The molecular weight excluding hydrogens is 354 g/mol. The molecule has 0 saturated heterocycles. The molecule has 0 aliphatic rings. The van der Waals surface area contributed by atoms with Crippen LogP contribution in [0.3, 0.4) is 0 Å². The Balaban J connectivity index is 2.06. The third-order valence-electron chi connectivity index (χ3n) is 3.97. The summed E-state index contributed by atoms with van der Waals surface area (Å²) in [6.45, 7) is 2.55. The average Bonchev–Trinajstić information content (AvgIpc) is 2.60. The van der Waals surface area contributed by atoms with Crippen molar-refractivity contribution in [3.63, 3.8) is 0 Å². The van der Waals surface area contributed by atoms with Gasteiger partial charge in [-0.05, 0) is 48.7 Å². The Morgan fingerprint density at radius 1 is 1.00 bits per heavy atom. The number of alkyl halides is 2. The number of amides is 2. The fourth-order valence-electron chi connectivity index (χ4n) is 2.52. The van der Waals surface area contributed by atoms with Gasteiger partial charge in [-0.3, -0.25) is 9.59 Å². The quantitative estimate of drug-likeness (QED) is 0.768. The molecule has 27 heavy (non-hydrogen) atoms. The Kier molecular flexibility index (Phi) is 6.87. The molecule has 0 heterocycles. The van der Waals surface area contributed by atoms with Gasteiger partial charge in [-0.2, -0.15) is 8.78 Å². The lowest BCUT2D eigenvalue weighted by molar-refractivity contribution is -0.118. The molecule has 7 heteroatoms. The van der Waals surface area contributed by atoms with Gasteiger partial charge in [-0.25, -0.2) is 0 Å². The number of hydrogen-bond acceptors (Lipinski definition) is 3. The minimum atomic E-state index is -2.91. The second-order valence-electron chi connectivity index (χ2n) is 6.40. The van der Waals surface area contributed by atoms with Gasteiger partial charge < -0.3 is 15.4 Å². The highest BCUT2D eigenvalue weighted by atomic mass is 19.3. The highest BCUT2D eigenvalue weighted by molar-refractivity contribution is 6.01. The van der Waals surface area contributed by atoms with Gasteiger partial charge >= 0.3 is 6.61 Å². The third kappa shape index (κ3) is 5.77. The number of ether oxygens (including phenoxy) is 1. The number of halogens is 2. The van der Waals surface area contributed by atoms with Crippen LogP contribution in [0.4, 0.5) is 14.5 Å². The molecule has 144 valence electrons. The standard InChI is InChI=1S/C20H22F2N2O3/c1-12(2)17(24-18(25)16-7-5-4-6-13(16)3)19(26)23-14-8-10-15(11-9-14)27-20(21)22/h4-12,17,20H,1-3H3,(H,23,26)(H,24,25)/t17-/m0/s1. The van der Waals surface area contributed by atoms with Gasteiger partial charge in [0.25, 0.3) is 5.91 Å². The molecule has 0 aliphatic carbocycles. The number of aryl methyl sites for hydroxylation is 1. The number of hydrogen-bond donors (Lipinski definition) is 2. The number of carbonyl (C=O) groups excluding carboxylic acids is 2. The first-order chi connectivity index (χ1) is 12.8. The van der Waals surface area contributed by atoms with E-state index in [2.05, 4.69) is 15.4 Å². The predicted molar refractivity (Wildman–Crippen MR) is 99.0 cm³/mol. The monoisotopic (exact) mass is 376 g/mol. The summed E-state index contributed by atoms with van der Waals surface area (Å²) < 4.78 is 28.6. The predicted octanol–water partition coefficient (Wildman–Crippen LogP) is 3.99. The van der Waals surface area contributed by atoms with Crippen LogP contribution in [0.25, 0.3) is 0 Å². The van der Waals surface area contributed by atoms with Gasteiger partial charge in [-0.15, -0.1) is 0 Å². The van der Waals surface area contributed by atoms with E-state index in [1.807, 2.05) is 32.9 Å². The Labute approximate surface area is 156 Å². The van der Waals surface area contributed by atoms with Gasteiger partial charge in [0.1, 0.15) is 11.8 Å². The van der Waals surface area contributed by atoms with Crippen molar-refractivity contribution < 1.29 is 23.1 Å². The summed E-state index contributed by atoms with van der Waals surface area (Å²) in [4.78, 5) is 25.1. The fraction of sp³-hybridized carbons (Fsp3) is 0.300. The minimum absolute atomic E-state index is 0.00346. The average molecular weight is 376 g/mol. The van der Waals surface area contributed by atoms with Crippen LogP contribution < -0.4 is 15.4 Å². The molecule has 2 aromatic rings. The molecule has 2 N–H and O–H groups in total.